The van der Waals surface area contributed by atoms with Crippen molar-refractivity contribution in [3.8, 4) is 0 Å². The van der Waals surface area contributed by atoms with E-state index in [1.165, 1.54) is 18.7 Å². The molecule has 9 N–H and O–H groups in total. The zero-order valence-electron chi connectivity index (χ0n) is 21.3. The maximum Gasteiger partial charge on any atom is 0.326 e. The van der Waals surface area contributed by atoms with Crippen molar-refractivity contribution >= 4 is 46.4 Å². The standard InChI is InChI=1S/C25H38N6O5S/c1-15(29-23(33)18(27)13-16-14-28-19-8-4-3-7-17(16)19)22(32)30-20(9-5-6-11-26)24(34)31-21(25(35)36)10-12-37-2/h3-4,7-8,14-15,18,20-21,28H,5-6,9-13,26-27H2,1-2H3,(H,29,33)(H,30,32)(H,31,34)(H,35,36). The van der Waals surface area contributed by atoms with Gasteiger partial charge in [0.25, 0.3) is 0 Å². The minimum absolute atomic E-state index is 0.256. The van der Waals surface area contributed by atoms with Crippen LogP contribution in [0.25, 0.3) is 10.9 Å². The van der Waals surface area contributed by atoms with E-state index in [1.807, 2.05) is 36.7 Å². The number of carboxylic acid groups (broad SMARTS) is 1. The summed E-state index contributed by atoms with van der Waals surface area (Å²) in [4.78, 5) is 53.0. The van der Waals surface area contributed by atoms with Gasteiger partial charge in [-0.3, -0.25) is 14.4 Å². The molecule has 1 aromatic carbocycles. The summed E-state index contributed by atoms with van der Waals surface area (Å²) in [5, 5.41) is 18.2. The van der Waals surface area contributed by atoms with Gasteiger partial charge in [0, 0.05) is 17.1 Å². The highest BCUT2D eigenvalue weighted by Gasteiger charge is 2.28. The zero-order chi connectivity index (χ0) is 27.4. The molecule has 0 saturated heterocycles. The van der Waals surface area contributed by atoms with Crippen LogP contribution in [0.15, 0.2) is 30.5 Å². The molecule has 0 aliphatic rings. The van der Waals surface area contributed by atoms with Crippen LogP contribution in [0.5, 0.6) is 0 Å². The van der Waals surface area contributed by atoms with E-state index < -0.39 is 47.9 Å². The Labute approximate surface area is 220 Å². The van der Waals surface area contributed by atoms with Crippen LogP contribution >= 0.6 is 11.8 Å². The van der Waals surface area contributed by atoms with E-state index >= 15 is 0 Å². The Morgan fingerprint density at radius 1 is 1.00 bits per heavy atom. The average molecular weight is 535 g/mol. The summed E-state index contributed by atoms with van der Waals surface area (Å²) >= 11 is 1.47. The topological polar surface area (TPSA) is 192 Å². The molecule has 1 heterocycles. The van der Waals surface area contributed by atoms with Crippen LogP contribution in [0.2, 0.25) is 0 Å². The molecule has 4 unspecified atom stereocenters. The first kappa shape index (κ1) is 30.1. The van der Waals surface area contributed by atoms with Gasteiger partial charge in [0.05, 0.1) is 6.04 Å². The molecule has 11 nitrogen and oxygen atoms in total. The molecular weight excluding hydrogens is 496 g/mol. The van der Waals surface area contributed by atoms with E-state index in [9.17, 15) is 24.3 Å². The number of unbranched alkanes of at least 4 members (excludes halogenated alkanes) is 1. The van der Waals surface area contributed by atoms with Gasteiger partial charge >= 0.3 is 5.97 Å². The minimum Gasteiger partial charge on any atom is -0.480 e. The second kappa shape index (κ2) is 15.2. The summed E-state index contributed by atoms with van der Waals surface area (Å²) in [5.74, 6) is -2.24. The van der Waals surface area contributed by atoms with Crippen molar-refractivity contribution in [2.24, 2.45) is 11.5 Å². The number of thioether (sulfide) groups is 1. The number of aromatic nitrogens is 1. The lowest BCUT2D eigenvalue weighted by Gasteiger charge is -2.24. The van der Waals surface area contributed by atoms with Gasteiger partial charge in [-0.15, -0.1) is 0 Å². The van der Waals surface area contributed by atoms with E-state index in [0.29, 0.717) is 25.1 Å². The van der Waals surface area contributed by atoms with Crippen molar-refractivity contribution in [1.29, 1.82) is 0 Å². The fourth-order valence-electron chi connectivity index (χ4n) is 3.84. The normalized spacial score (nSPS) is 14.4. The number of hydrogen-bond acceptors (Lipinski definition) is 7. The summed E-state index contributed by atoms with van der Waals surface area (Å²) in [6.07, 6.45) is 5.68. The molecule has 1 aromatic heterocycles. The molecule has 0 aliphatic carbocycles. The van der Waals surface area contributed by atoms with E-state index in [4.69, 9.17) is 11.5 Å². The lowest BCUT2D eigenvalue weighted by atomic mass is 10.0. The number of carbonyl (C=O) groups excluding carboxylic acids is 3. The predicted molar refractivity (Wildman–Crippen MR) is 145 cm³/mol. The number of nitrogens with two attached hydrogens (primary N) is 2. The molecule has 4 atom stereocenters. The molecule has 0 bridgehead atoms. The Kier molecular flexibility index (Phi) is 12.4. The second-order valence-electron chi connectivity index (χ2n) is 8.93. The fraction of sp³-hybridized carbons (Fsp3) is 0.520. The molecule has 3 amide bonds. The molecule has 204 valence electrons. The van der Waals surface area contributed by atoms with E-state index in [1.54, 1.807) is 0 Å². The number of carbonyl (C=O) groups is 4. The monoisotopic (exact) mass is 534 g/mol. The SMILES string of the molecule is CSCCC(NC(=O)C(CCCCN)NC(=O)C(C)NC(=O)C(N)Cc1c[nH]c2ccccc12)C(=O)O. The number of carboxylic acids is 1. The number of hydrogen-bond donors (Lipinski definition) is 7. The number of rotatable bonds is 16. The number of fused-ring (bicyclic) bond motifs is 1. The molecule has 12 heteroatoms. The van der Waals surface area contributed by atoms with E-state index in [-0.39, 0.29) is 19.3 Å². The highest BCUT2D eigenvalue weighted by atomic mass is 32.2. The van der Waals surface area contributed by atoms with Crippen molar-refractivity contribution in [3.63, 3.8) is 0 Å². The molecule has 37 heavy (non-hydrogen) atoms. The maximum absolute atomic E-state index is 12.9. The molecule has 0 fully saturated rings. The van der Waals surface area contributed by atoms with E-state index in [2.05, 4.69) is 20.9 Å². The van der Waals surface area contributed by atoms with Crippen molar-refractivity contribution < 1.29 is 24.3 Å². The van der Waals surface area contributed by atoms with Gasteiger partial charge in [0.15, 0.2) is 0 Å². The smallest absolute Gasteiger partial charge is 0.326 e. The van der Waals surface area contributed by atoms with Crippen molar-refractivity contribution in [2.75, 3.05) is 18.6 Å². The first-order valence-corrected chi connectivity index (χ1v) is 13.7. The first-order chi connectivity index (χ1) is 17.7. The van der Waals surface area contributed by atoms with Crippen LogP contribution < -0.4 is 27.4 Å². The summed E-state index contributed by atoms with van der Waals surface area (Å²) in [7, 11) is 0. The van der Waals surface area contributed by atoms with Crippen LogP contribution in [-0.4, -0.2) is 76.5 Å². The Hall–Kier alpha value is -3.09. The summed E-state index contributed by atoms with van der Waals surface area (Å²) < 4.78 is 0. The number of amides is 3. The summed E-state index contributed by atoms with van der Waals surface area (Å²) in [6.45, 7) is 1.92. The largest absolute Gasteiger partial charge is 0.480 e. The van der Waals surface area contributed by atoms with Crippen LogP contribution in [0.4, 0.5) is 0 Å². The number of H-pyrrole nitrogens is 1. The predicted octanol–water partition coefficient (Wildman–Crippen LogP) is 0.479. The van der Waals surface area contributed by atoms with E-state index in [0.717, 1.165) is 16.5 Å². The highest BCUT2D eigenvalue weighted by molar-refractivity contribution is 7.98. The van der Waals surface area contributed by atoms with Gasteiger partial charge in [0.1, 0.15) is 18.1 Å². The number of aliphatic carboxylic acids is 1. The molecule has 0 saturated carbocycles. The van der Waals surface area contributed by atoms with Gasteiger partial charge in [-0.25, -0.2) is 4.79 Å². The third-order valence-corrected chi connectivity index (χ3v) is 6.65. The fourth-order valence-corrected chi connectivity index (χ4v) is 4.31. The number of benzene rings is 1. The van der Waals surface area contributed by atoms with Crippen LogP contribution in [0.1, 0.15) is 38.2 Å². The van der Waals surface area contributed by atoms with Crippen LogP contribution in [0.3, 0.4) is 0 Å². The van der Waals surface area contributed by atoms with Crippen molar-refractivity contribution in [3.05, 3.63) is 36.0 Å². The van der Waals surface area contributed by atoms with Gasteiger partial charge in [0.2, 0.25) is 17.7 Å². The Morgan fingerprint density at radius 2 is 1.70 bits per heavy atom. The zero-order valence-corrected chi connectivity index (χ0v) is 22.1. The summed E-state index contributed by atoms with van der Waals surface area (Å²) in [6, 6.07) is 3.81. The molecule has 2 rings (SSSR count). The quantitative estimate of drug-likeness (QED) is 0.151. The second-order valence-corrected chi connectivity index (χ2v) is 9.91. The first-order valence-electron chi connectivity index (χ1n) is 12.3. The number of aromatic amines is 1. The minimum atomic E-state index is -1.14. The van der Waals surface area contributed by atoms with Gasteiger partial charge in [-0.2, -0.15) is 11.8 Å². The van der Waals surface area contributed by atoms with Gasteiger partial charge in [-0.05, 0) is 69.2 Å². The Balaban J connectivity index is 1.98. The number of para-hydroxylation sites is 1. The van der Waals surface area contributed by atoms with Crippen LogP contribution in [0, 0.1) is 0 Å². The van der Waals surface area contributed by atoms with Gasteiger partial charge in [-0.1, -0.05) is 18.2 Å². The Bertz CT molecular complexity index is 1060. The van der Waals surface area contributed by atoms with Crippen molar-refractivity contribution in [1.82, 2.24) is 20.9 Å². The lowest BCUT2D eigenvalue weighted by Crippen LogP contribution is -2.56. The molecule has 2 aromatic rings. The third kappa shape index (κ3) is 9.38. The van der Waals surface area contributed by atoms with Crippen LogP contribution in [-0.2, 0) is 25.6 Å². The lowest BCUT2D eigenvalue weighted by molar-refractivity contribution is -0.142. The summed E-state index contributed by atoms with van der Waals surface area (Å²) in [5.41, 5.74) is 13.5. The van der Waals surface area contributed by atoms with Crippen molar-refractivity contribution in [2.45, 2.75) is 63.2 Å². The molecule has 0 aliphatic heterocycles. The average Bonchev–Trinajstić information content (AvgIpc) is 3.28. The highest BCUT2D eigenvalue weighted by Crippen LogP contribution is 2.18. The molecule has 0 spiro atoms. The maximum atomic E-state index is 12.9. The molecule has 0 radical (unpaired) electrons. The number of nitrogens with one attached hydrogen (secondary N) is 4. The third-order valence-electron chi connectivity index (χ3n) is 6.01. The molecular formula is C25H38N6O5S. The Morgan fingerprint density at radius 3 is 2.38 bits per heavy atom. The van der Waals surface area contributed by atoms with Gasteiger partial charge < -0.3 is 37.5 Å².